The molecule has 2 aromatic carbocycles. The summed E-state index contributed by atoms with van der Waals surface area (Å²) in [6.07, 6.45) is 1.84. The van der Waals surface area contributed by atoms with E-state index in [0.717, 1.165) is 16.4 Å². The van der Waals surface area contributed by atoms with Gasteiger partial charge in [-0.25, -0.2) is 0 Å². The van der Waals surface area contributed by atoms with E-state index in [1.165, 1.54) is 10.6 Å². The molecule has 4 rings (SSSR count). The number of carbonyl (C=O) groups excluding carboxylic acids is 1. The Morgan fingerprint density at radius 2 is 1.89 bits per heavy atom. The molecule has 2 aromatic heterocycles. The van der Waals surface area contributed by atoms with Gasteiger partial charge in [-0.2, -0.15) is 0 Å². The van der Waals surface area contributed by atoms with Crippen LogP contribution in [0.25, 0.3) is 21.9 Å². The third-order valence-corrected chi connectivity index (χ3v) is 4.45. The zero-order valence-electron chi connectivity index (χ0n) is 14.8. The Morgan fingerprint density at radius 3 is 2.70 bits per heavy atom. The summed E-state index contributed by atoms with van der Waals surface area (Å²) >= 11 is 0. The summed E-state index contributed by atoms with van der Waals surface area (Å²) in [5, 5.41) is 4.77. The molecular weight excluding hydrogens is 344 g/mol. The number of furan rings is 1. The lowest BCUT2D eigenvalue weighted by molar-refractivity contribution is -0.116. The highest BCUT2D eigenvalue weighted by atomic mass is 16.5. The minimum atomic E-state index is -0.209. The predicted octanol–water partition coefficient (Wildman–Crippen LogP) is 3.79. The SMILES string of the molecule is COc1cc2c(cc1NC(=O)CCn1ccccc1=O)oc1ccccc12. The van der Waals surface area contributed by atoms with Crippen LogP contribution in [-0.4, -0.2) is 17.6 Å². The average molecular weight is 362 g/mol. The number of ether oxygens (including phenoxy) is 1. The fourth-order valence-electron chi connectivity index (χ4n) is 3.10. The Hall–Kier alpha value is -3.54. The molecule has 0 unspecified atom stereocenters. The van der Waals surface area contributed by atoms with Crippen molar-refractivity contribution in [2.45, 2.75) is 13.0 Å². The first-order valence-corrected chi connectivity index (χ1v) is 8.60. The Kier molecular flexibility index (Phi) is 4.38. The van der Waals surface area contributed by atoms with Crippen LogP contribution in [0.2, 0.25) is 0 Å². The van der Waals surface area contributed by atoms with Gasteiger partial charge in [-0.3, -0.25) is 9.59 Å². The topological polar surface area (TPSA) is 73.5 Å². The quantitative estimate of drug-likeness (QED) is 0.586. The minimum absolute atomic E-state index is 0.133. The van der Waals surface area contributed by atoms with Gasteiger partial charge in [0.2, 0.25) is 5.91 Å². The Morgan fingerprint density at radius 1 is 1.07 bits per heavy atom. The third kappa shape index (κ3) is 3.29. The van der Waals surface area contributed by atoms with Crippen LogP contribution in [-0.2, 0) is 11.3 Å². The zero-order valence-corrected chi connectivity index (χ0v) is 14.8. The molecule has 0 radical (unpaired) electrons. The average Bonchev–Trinajstić information content (AvgIpc) is 3.04. The van der Waals surface area contributed by atoms with Gasteiger partial charge in [0.05, 0.1) is 12.8 Å². The number of rotatable bonds is 5. The minimum Gasteiger partial charge on any atom is -0.495 e. The summed E-state index contributed by atoms with van der Waals surface area (Å²) in [6, 6.07) is 16.3. The van der Waals surface area contributed by atoms with Gasteiger partial charge in [-0.1, -0.05) is 24.3 Å². The molecule has 0 bridgehead atoms. The number of amides is 1. The molecule has 0 saturated heterocycles. The van der Waals surface area contributed by atoms with Gasteiger partial charge in [0.25, 0.3) is 5.56 Å². The lowest BCUT2D eigenvalue weighted by atomic mass is 10.1. The maximum absolute atomic E-state index is 12.4. The largest absolute Gasteiger partial charge is 0.495 e. The summed E-state index contributed by atoms with van der Waals surface area (Å²) < 4.78 is 12.8. The molecule has 1 N–H and O–H groups in total. The monoisotopic (exact) mass is 362 g/mol. The Bertz CT molecular complexity index is 1190. The van der Waals surface area contributed by atoms with Crippen molar-refractivity contribution in [1.29, 1.82) is 0 Å². The van der Waals surface area contributed by atoms with E-state index < -0.39 is 0 Å². The van der Waals surface area contributed by atoms with Gasteiger partial charge in [-0.05, 0) is 18.2 Å². The lowest BCUT2D eigenvalue weighted by Crippen LogP contribution is -2.21. The van der Waals surface area contributed by atoms with Crippen LogP contribution in [0.4, 0.5) is 5.69 Å². The molecule has 0 aliphatic rings. The van der Waals surface area contributed by atoms with Gasteiger partial charge in [0.1, 0.15) is 16.9 Å². The highest BCUT2D eigenvalue weighted by Gasteiger charge is 2.14. The number of para-hydroxylation sites is 1. The van der Waals surface area contributed by atoms with Crippen LogP contribution < -0.4 is 15.6 Å². The van der Waals surface area contributed by atoms with Gasteiger partial charge < -0.3 is 19.0 Å². The van der Waals surface area contributed by atoms with E-state index in [9.17, 15) is 9.59 Å². The second-order valence-corrected chi connectivity index (χ2v) is 6.18. The highest BCUT2D eigenvalue weighted by molar-refractivity contribution is 6.07. The normalized spacial score (nSPS) is 11.0. The predicted molar refractivity (Wildman–Crippen MR) is 104 cm³/mol. The number of aromatic nitrogens is 1. The molecule has 0 aliphatic carbocycles. The van der Waals surface area contributed by atoms with E-state index in [-0.39, 0.29) is 17.9 Å². The van der Waals surface area contributed by atoms with Crippen LogP contribution in [0.15, 0.2) is 70.0 Å². The highest BCUT2D eigenvalue weighted by Crippen LogP contribution is 2.36. The van der Waals surface area contributed by atoms with Crippen molar-refractivity contribution in [2.75, 3.05) is 12.4 Å². The van der Waals surface area contributed by atoms with Crippen LogP contribution in [0.3, 0.4) is 0 Å². The van der Waals surface area contributed by atoms with Crippen molar-refractivity contribution < 1.29 is 13.9 Å². The molecule has 136 valence electrons. The van der Waals surface area contributed by atoms with Gasteiger partial charge >= 0.3 is 0 Å². The first-order valence-electron chi connectivity index (χ1n) is 8.60. The summed E-state index contributed by atoms with van der Waals surface area (Å²) in [6.45, 7) is 0.306. The van der Waals surface area contributed by atoms with Crippen LogP contribution in [0.5, 0.6) is 5.75 Å². The third-order valence-electron chi connectivity index (χ3n) is 4.45. The molecule has 6 nitrogen and oxygen atoms in total. The number of anilines is 1. The number of fused-ring (bicyclic) bond motifs is 3. The summed E-state index contributed by atoms with van der Waals surface area (Å²) in [5.74, 6) is 0.346. The second-order valence-electron chi connectivity index (χ2n) is 6.18. The number of carbonyl (C=O) groups is 1. The van der Waals surface area contributed by atoms with E-state index in [0.29, 0.717) is 23.6 Å². The van der Waals surface area contributed by atoms with E-state index in [1.807, 2.05) is 30.3 Å². The lowest BCUT2D eigenvalue weighted by Gasteiger charge is -2.11. The van der Waals surface area contributed by atoms with Crippen molar-refractivity contribution >= 4 is 33.5 Å². The number of benzene rings is 2. The van der Waals surface area contributed by atoms with Crippen LogP contribution in [0, 0.1) is 0 Å². The fraction of sp³-hybridized carbons (Fsp3) is 0.143. The molecule has 2 heterocycles. The Balaban J connectivity index is 1.59. The molecular formula is C21H18N2O4. The standard InChI is InChI=1S/C21H18N2O4/c1-26-19-12-15-14-6-2-3-7-17(14)27-18(15)13-16(19)22-20(24)9-11-23-10-5-4-8-21(23)25/h2-8,10,12-13H,9,11H2,1H3,(H,22,24). The van der Waals surface area contributed by atoms with Crippen molar-refractivity contribution in [3.05, 3.63) is 71.1 Å². The molecule has 1 amide bonds. The second kappa shape index (κ2) is 6.99. The van der Waals surface area contributed by atoms with Gasteiger partial charge in [0.15, 0.2) is 0 Å². The first-order chi connectivity index (χ1) is 13.2. The number of aryl methyl sites for hydroxylation is 1. The molecule has 0 fully saturated rings. The molecule has 6 heteroatoms. The summed E-state index contributed by atoms with van der Waals surface area (Å²) in [4.78, 5) is 24.1. The van der Waals surface area contributed by atoms with Crippen molar-refractivity contribution in [3.8, 4) is 5.75 Å². The van der Waals surface area contributed by atoms with E-state index in [2.05, 4.69) is 5.32 Å². The summed E-state index contributed by atoms with van der Waals surface area (Å²) in [5.41, 5.74) is 1.86. The number of hydrogen-bond donors (Lipinski definition) is 1. The molecule has 0 aliphatic heterocycles. The maximum atomic E-state index is 12.4. The van der Waals surface area contributed by atoms with Crippen molar-refractivity contribution in [1.82, 2.24) is 4.57 Å². The first kappa shape index (κ1) is 16.9. The number of hydrogen-bond acceptors (Lipinski definition) is 4. The molecule has 0 spiro atoms. The number of pyridine rings is 1. The maximum Gasteiger partial charge on any atom is 0.250 e. The summed E-state index contributed by atoms with van der Waals surface area (Å²) in [7, 11) is 1.56. The van der Waals surface area contributed by atoms with E-state index >= 15 is 0 Å². The molecule has 0 saturated carbocycles. The Labute approximate surface area is 155 Å². The molecule has 4 aromatic rings. The van der Waals surface area contributed by atoms with E-state index in [1.54, 1.807) is 31.5 Å². The fourth-order valence-corrected chi connectivity index (χ4v) is 3.10. The van der Waals surface area contributed by atoms with Crippen molar-refractivity contribution in [3.63, 3.8) is 0 Å². The molecule has 27 heavy (non-hydrogen) atoms. The van der Waals surface area contributed by atoms with Gasteiger partial charge in [-0.15, -0.1) is 0 Å². The van der Waals surface area contributed by atoms with Crippen LogP contribution >= 0.6 is 0 Å². The number of methoxy groups -OCH3 is 1. The smallest absolute Gasteiger partial charge is 0.250 e. The zero-order chi connectivity index (χ0) is 18.8. The van der Waals surface area contributed by atoms with Crippen molar-refractivity contribution in [2.24, 2.45) is 0 Å². The number of nitrogens with one attached hydrogen (secondary N) is 1. The number of nitrogens with zero attached hydrogens (tertiary/aromatic N) is 1. The molecule has 0 atom stereocenters. The van der Waals surface area contributed by atoms with E-state index in [4.69, 9.17) is 9.15 Å². The van der Waals surface area contributed by atoms with Gasteiger partial charge in [0, 0.05) is 42.1 Å². The van der Waals surface area contributed by atoms with Crippen LogP contribution in [0.1, 0.15) is 6.42 Å².